The van der Waals surface area contributed by atoms with Gasteiger partial charge in [0.25, 0.3) is 11.8 Å². The molecule has 0 fully saturated rings. The summed E-state index contributed by atoms with van der Waals surface area (Å²) in [6.07, 6.45) is 0.484. The van der Waals surface area contributed by atoms with Crippen molar-refractivity contribution in [2.45, 2.75) is 13.0 Å². The lowest BCUT2D eigenvalue weighted by molar-refractivity contribution is 0.0653. The number of fused-ring (bicyclic) bond motifs is 1. The molecule has 0 aromatic heterocycles. The van der Waals surface area contributed by atoms with Crippen molar-refractivity contribution in [1.29, 1.82) is 0 Å². The molecular formula is C20H21N3O4. The Labute approximate surface area is 157 Å². The van der Waals surface area contributed by atoms with Gasteiger partial charge in [0.05, 0.1) is 18.2 Å². The second-order valence-corrected chi connectivity index (χ2v) is 6.12. The lowest BCUT2D eigenvalue weighted by atomic mass is 10.1. The summed E-state index contributed by atoms with van der Waals surface area (Å²) in [6, 6.07) is 13.9. The minimum atomic E-state index is -0.305. The summed E-state index contributed by atoms with van der Waals surface area (Å²) in [5.74, 6) is 0.173. The zero-order chi connectivity index (χ0) is 19.2. The number of rotatable bonds is 7. The van der Waals surface area contributed by atoms with Crippen molar-refractivity contribution in [2.24, 2.45) is 0 Å². The zero-order valence-electron chi connectivity index (χ0n) is 15.0. The Balaban J connectivity index is 1.40. The standard InChI is InChI=1S/C20H21N3O4/c1-27-15-7-4-6-14(12-15)13-22-20(26)21-10-5-11-23-18(24)16-8-2-3-9-17(16)19(23)25/h2-4,6-9,12H,5,10-11,13H2,1H3,(H2,21,22,26). The molecule has 2 aromatic carbocycles. The van der Waals surface area contributed by atoms with Crippen LogP contribution in [0.15, 0.2) is 48.5 Å². The molecule has 4 amide bonds. The van der Waals surface area contributed by atoms with E-state index in [1.807, 2.05) is 24.3 Å². The number of carbonyl (C=O) groups excluding carboxylic acids is 3. The highest BCUT2D eigenvalue weighted by molar-refractivity contribution is 6.21. The van der Waals surface area contributed by atoms with E-state index in [2.05, 4.69) is 10.6 Å². The minimum Gasteiger partial charge on any atom is -0.497 e. The molecule has 2 aromatic rings. The lowest BCUT2D eigenvalue weighted by Crippen LogP contribution is -2.37. The third-order valence-corrected chi connectivity index (χ3v) is 4.31. The van der Waals surface area contributed by atoms with Gasteiger partial charge in [-0.1, -0.05) is 24.3 Å². The molecule has 0 radical (unpaired) electrons. The highest BCUT2D eigenvalue weighted by atomic mass is 16.5. The number of benzene rings is 2. The van der Waals surface area contributed by atoms with Crippen molar-refractivity contribution in [2.75, 3.05) is 20.2 Å². The van der Waals surface area contributed by atoms with Gasteiger partial charge in [-0.3, -0.25) is 14.5 Å². The first-order valence-corrected chi connectivity index (χ1v) is 8.70. The van der Waals surface area contributed by atoms with Crippen LogP contribution < -0.4 is 15.4 Å². The number of ether oxygens (including phenoxy) is 1. The van der Waals surface area contributed by atoms with Crippen molar-refractivity contribution < 1.29 is 19.1 Å². The Kier molecular flexibility index (Phi) is 5.71. The van der Waals surface area contributed by atoms with Gasteiger partial charge in [-0.05, 0) is 36.2 Å². The van der Waals surface area contributed by atoms with Gasteiger partial charge in [0.2, 0.25) is 0 Å². The first kappa shape index (κ1) is 18.4. The maximum Gasteiger partial charge on any atom is 0.315 e. The number of hydrogen-bond acceptors (Lipinski definition) is 4. The average Bonchev–Trinajstić information content (AvgIpc) is 2.94. The summed E-state index contributed by atoms with van der Waals surface area (Å²) in [4.78, 5) is 37.6. The van der Waals surface area contributed by atoms with Crippen LogP contribution in [-0.4, -0.2) is 42.9 Å². The maximum absolute atomic E-state index is 12.2. The summed E-state index contributed by atoms with van der Waals surface area (Å²) in [5.41, 5.74) is 1.80. The number of methoxy groups -OCH3 is 1. The van der Waals surface area contributed by atoms with Gasteiger partial charge in [-0.2, -0.15) is 0 Å². The first-order valence-electron chi connectivity index (χ1n) is 8.70. The third kappa shape index (κ3) is 4.25. The van der Waals surface area contributed by atoms with Gasteiger partial charge in [-0.15, -0.1) is 0 Å². The molecule has 140 valence electrons. The first-order chi connectivity index (χ1) is 13.1. The number of hydrogen-bond donors (Lipinski definition) is 2. The van der Waals surface area contributed by atoms with Crippen LogP contribution in [0.25, 0.3) is 0 Å². The van der Waals surface area contributed by atoms with Crippen molar-refractivity contribution in [1.82, 2.24) is 15.5 Å². The van der Waals surface area contributed by atoms with E-state index >= 15 is 0 Å². The Hall–Kier alpha value is -3.35. The molecule has 1 aliphatic heterocycles. The van der Waals surface area contributed by atoms with Crippen LogP contribution in [0.5, 0.6) is 5.75 Å². The molecular weight excluding hydrogens is 346 g/mol. The molecule has 3 rings (SSSR count). The number of amides is 4. The quantitative estimate of drug-likeness (QED) is 0.580. The number of carbonyl (C=O) groups is 3. The minimum absolute atomic E-state index is 0.266. The lowest BCUT2D eigenvalue weighted by Gasteiger charge is -2.14. The van der Waals surface area contributed by atoms with Crippen LogP contribution in [0.3, 0.4) is 0 Å². The summed E-state index contributed by atoms with van der Waals surface area (Å²) < 4.78 is 5.14. The number of imide groups is 1. The van der Waals surface area contributed by atoms with Crippen LogP contribution in [0.4, 0.5) is 4.79 Å². The normalized spacial score (nSPS) is 12.7. The van der Waals surface area contributed by atoms with E-state index in [-0.39, 0.29) is 24.4 Å². The highest BCUT2D eigenvalue weighted by Crippen LogP contribution is 2.22. The number of nitrogens with one attached hydrogen (secondary N) is 2. The Bertz CT molecular complexity index is 831. The molecule has 7 nitrogen and oxygen atoms in total. The van der Waals surface area contributed by atoms with E-state index in [4.69, 9.17) is 4.74 Å². The molecule has 27 heavy (non-hydrogen) atoms. The van der Waals surface area contributed by atoms with E-state index in [1.54, 1.807) is 31.4 Å². The second kappa shape index (κ2) is 8.35. The van der Waals surface area contributed by atoms with Gasteiger partial charge in [-0.25, -0.2) is 4.79 Å². The van der Waals surface area contributed by atoms with Gasteiger partial charge in [0.15, 0.2) is 0 Å². The molecule has 2 N–H and O–H groups in total. The fraction of sp³-hybridized carbons (Fsp3) is 0.250. The zero-order valence-corrected chi connectivity index (χ0v) is 15.0. The van der Waals surface area contributed by atoms with E-state index in [0.29, 0.717) is 30.6 Å². The van der Waals surface area contributed by atoms with Gasteiger partial charge >= 0.3 is 6.03 Å². The largest absolute Gasteiger partial charge is 0.497 e. The monoisotopic (exact) mass is 367 g/mol. The fourth-order valence-electron chi connectivity index (χ4n) is 2.91. The molecule has 0 saturated carbocycles. The van der Waals surface area contributed by atoms with Gasteiger partial charge < -0.3 is 15.4 Å². The predicted molar refractivity (Wildman–Crippen MR) is 99.7 cm³/mol. The number of nitrogens with zero attached hydrogens (tertiary/aromatic N) is 1. The van der Waals surface area contributed by atoms with Crippen LogP contribution in [0.1, 0.15) is 32.7 Å². The molecule has 0 bridgehead atoms. The van der Waals surface area contributed by atoms with E-state index in [9.17, 15) is 14.4 Å². The van der Waals surface area contributed by atoms with Crippen LogP contribution in [0.2, 0.25) is 0 Å². The van der Waals surface area contributed by atoms with Gasteiger partial charge in [0.1, 0.15) is 5.75 Å². The molecule has 0 unspecified atom stereocenters. The van der Waals surface area contributed by atoms with Crippen LogP contribution >= 0.6 is 0 Å². The van der Waals surface area contributed by atoms with Crippen molar-refractivity contribution in [3.8, 4) is 5.75 Å². The summed E-state index contributed by atoms with van der Waals surface area (Å²) in [6.45, 7) is 1.00. The highest BCUT2D eigenvalue weighted by Gasteiger charge is 2.34. The smallest absolute Gasteiger partial charge is 0.315 e. The van der Waals surface area contributed by atoms with E-state index in [0.717, 1.165) is 11.3 Å². The summed E-state index contributed by atoms with van der Waals surface area (Å²) >= 11 is 0. The molecule has 0 spiro atoms. The van der Waals surface area contributed by atoms with Crippen molar-refractivity contribution in [3.05, 3.63) is 65.2 Å². The Morgan fingerprint density at radius 1 is 1.00 bits per heavy atom. The molecule has 1 aliphatic rings. The molecule has 0 atom stereocenters. The Morgan fingerprint density at radius 3 is 2.37 bits per heavy atom. The topological polar surface area (TPSA) is 87.7 Å². The number of urea groups is 1. The van der Waals surface area contributed by atoms with Crippen LogP contribution in [0, 0.1) is 0 Å². The molecule has 0 saturated heterocycles. The van der Waals surface area contributed by atoms with E-state index < -0.39 is 0 Å². The fourth-order valence-corrected chi connectivity index (χ4v) is 2.91. The maximum atomic E-state index is 12.2. The average molecular weight is 367 g/mol. The molecule has 7 heteroatoms. The van der Waals surface area contributed by atoms with Gasteiger partial charge in [0, 0.05) is 19.6 Å². The van der Waals surface area contributed by atoms with Crippen molar-refractivity contribution in [3.63, 3.8) is 0 Å². The SMILES string of the molecule is COc1cccc(CNC(=O)NCCCN2C(=O)c3ccccc3C2=O)c1. The summed E-state index contributed by atoms with van der Waals surface area (Å²) in [7, 11) is 1.59. The molecule has 1 heterocycles. The third-order valence-electron chi connectivity index (χ3n) is 4.31. The second-order valence-electron chi connectivity index (χ2n) is 6.12. The van der Waals surface area contributed by atoms with Crippen LogP contribution in [-0.2, 0) is 6.54 Å². The predicted octanol–water partition coefficient (Wildman–Crippen LogP) is 2.18. The summed E-state index contributed by atoms with van der Waals surface area (Å²) in [5, 5.41) is 5.48. The van der Waals surface area contributed by atoms with E-state index in [1.165, 1.54) is 4.90 Å². The molecule has 0 aliphatic carbocycles. The van der Waals surface area contributed by atoms with Crippen molar-refractivity contribution >= 4 is 17.8 Å². The Morgan fingerprint density at radius 2 is 1.70 bits per heavy atom.